The molecule has 5 rings (SSSR count). The van der Waals surface area contributed by atoms with Gasteiger partial charge in [-0.1, -0.05) is 35.3 Å². The quantitative estimate of drug-likeness (QED) is 0.306. The number of halogens is 2. The first-order valence-electron chi connectivity index (χ1n) is 13.9. The lowest BCUT2D eigenvalue weighted by molar-refractivity contribution is -0.136. The molecule has 1 aromatic heterocycles. The van der Waals surface area contributed by atoms with Gasteiger partial charge in [-0.3, -0.25) is 14.5 Å². The van der Waals surface area contributed by atoms with E-state index < -0.39 is 6.04 Å². The minimum atomic E-state index is -0.691. The summed E-state index contributed by atoms with van der Waals surface area (Å²) in [6.45, 7) is 5.27. The number of carbonyl (C=O) groups is 2. The van der Waals surface area contributed by atoms with Crippen LogP contribution in [0.4, 0.5) is 5.69 Å². The highest BCUT2D eigenvalue weighted by atomic mass is 35.5. The first-order chi connectivity index (χ1) is 20.3. The van der Waals surface area contributed by atoms with Gasteiger partial charge in [-0.2, -0.15) is 0 Å². The number of anilines is 1. The van der Waals surface area contributed by atoms with Crippen LogP contribution in [-0.4, -0.2) is 67.2 Å². The van der Waals surface area contributed by atoms with Crippen molar-refractivity contribution >= 4 is 40.7 Å². The third-order valence-corrected chi connectivity index (χ3v) is 7.99. The average molecular weight is 614 g/mol. The standard InChI is InChI=1S/C31H34Cl2N4O5/c1-19-13-24(32)30(25(33)14-19)42-12-11-41-28-10-9-23(15-35-28)37-26(16-34-17-29(37)38)31(39)36(22-7-8-22)18-21-5-4-6-27(40-3)20(21)2/h4-6,9-10,13-15,22,26,34H,7-8,11-12,16-18H2,1-3H3/t26-/m1/s1. The molecule has 42 heavy (non-hydrogen) atoms. The van der Waals surface area contributed by atoms with E-state index in [1.165, 1.54) is 0 Å². The Balaban J connectivity index is 1.25. The number of hydrogen-bond donors (Lipinski definition) is 1. The summed E-state index contributed by atoms with van der Waals surface area (Å²) in [6, 6.07) is 12.3. The van der Waals surface area contributed by atoms with Crippen molar-refractivity contribution in [1.82, 2.24) is 15.2 Å². The molecule has 1 atom stereocenters. The highest BCUT2D eigenvalue weighted by Crippen LogP contribution is 2.34. The van der Waals surface area contributed by atoms with E-state index in [2.05, 4.69) is 10.3 Å². The normalized spacial score (nSPS) is 16.7. The van der Waals surface area contributed by atoms with Crippen molar-refractivity contribution in [2.75, 3.05) is 38.3 Å². The fourth-order valence-electron chi connectivity index (χ4n) is 5.10. The Labute approximate surface area is 255 Å². The maximum absolute atomic E-state index is 14.0. The van der Waals surface area contributed by atoms with Crippen LogP contribution in [0.2, 0.25) is 10.0 Å². The highest BCUT2D eigenvalue weighted by Gasteiger charge is 2.41. The first-order valence-corrected chi connectivity index (χ1v) is 14.7. The molecule has 2 heterocycles. The van der Waals surface area contributed by atoms with E-state index >= 15 is 0 Å². The molecule has 11 heteroatoms. The van der Waals surface area contributed by atoms with E-state index in [9.17, 15) is 9.59 Å². The van der Waals surface area contributed by atoms with Gasteiger partial charge in [0.1, 0.15) is 25.0 Å². The second kappa shape index (κ2) is 13.2. The van der Waals surface area contributed by atoms with E-state index in [-0.39, 0.29) is 37.6 Å². The Morgan fingerprint density at radius 1 is 1.10 bits per heavy atom. The van der Waals surface area contributed by atoms with Gasteiger partial charge in [-0.15, -0.1) is 0 Å². The highest BCUT2D eigenvalue weighted by molar-refractivity contribution is 6.37. The fraction of sp³-hybridized carbons (Fsp3) is 0.387. The molecule has 2 aromatic carbocycles. The Kier molecular flexibility index (Phi) is 9.40. The van der Waals surface area contributed by atoms with Crippen LogP contribution in [0.1, 0.15) is 29.5 Å². The van der Waals surface area contributed by atoms with Crippen LogP contribution in [0.25, 0.3) is 0 Å². The monoisotopic (exact) mass is 612 g/mol. The van der Waals surface area contributed by atoms with Crippen LogP contribution >= 0.6 is 23.2 Å². The summed E-state index contributed by atoms with van der Waals surface area (Å²) in [5, 5.41) is 3.98. The predicted molar refractivity (Wildman–Crippen MR) is 162 cm³/mol. The zero-order chi connectivity index (χ0) is 29.8. The Morgan fingerprint density at radius 2 is 1.83 bits per heavy atom. The number of nitrogens with zero attached hydrogens (tertiary/aromatic N) is 3. The first kappa shape index (κ1) is 29.9. The van der Waals surface area contributed by atoms with Crippen molar-refractivity contribution in [3.05, 3.63) is 75.4 Å². The molecule has 222 valence electrons. The summed E-state index contributed by atoms with van der Waals surface area (Å²) in [5.41, 5.74) is 3.51. The van der Waals surface area contributed by atoms with Crippen LogP contribution in [0.15, 0.2) is 48.7 Å². The number of aryl methyl sites for hydroxylation is 1. The SMILES string of the molecule is COc1cccc(CN(C(=O)[C@H]2CNCC(=O)N2c2ccc(OCCOc3c(Cl)cc(C)cc3Cl)nc2)C2CC2)c1C. The summed E-state index contributed by atoms with van der Waals surface area (Å²) < 4.78 is 16.9. The zero-order valence-corrected chi connectivity index (χ0v) is 25.4. The second-order valence-corrected chi connectivity index (χ2v) is 11.3. The van der Waals surface area contributed by atoms with E-state index in [0.717, 1.165) is 35.3 Å². The van der Waals surface area contributed by atoms with Crippen LogP contribution in [0.5, 0.6) is 17.4 Å². The molecular weight excluding hydrogens is 579 g/mol. The number of rotatable bonds is 11. The van der Waals surface area contributed by atoms with Crippen molar-refractivity contribution in [1.29, 1.82) is 0 Å². The lowest BCUT2D eigenvalue weighted by atomic mass is 10.1. The maximum Gasteiger partial charge on any atom is 0.247 e. The Bertz CT molecular complexity index is 1420. The maximum atomic E-state index is 14.0. The van der Waals surface area contributed by atoms with Crippen molar-refractivity contribution < 1.29 is 23.8 Å². The minimum absolute atomic E-state index is 0.0915. The van der Waals surface area contributed by atoms with Gasteiger partial charge in [0.15, 0.2) is 5.75 Å². The van der Waals surface area contributed by atoms with Crippen molar-refractivity contribution in [3.63, 3.8) is 0 Å². The number of piperazine rings is 1. The number of ether oxygens (including phenoxy) is 3. The molecule has 0 bridgehead atoms. The second-order valence-electron chi connectivity index (χ2n) is 10.5. The van der Waals surface area contributed by atoms with E-state index in [1.807, 2.05) is 36.9 Å². The average Bonchev–Trinajstić information content (AvgIpc) is 3.81. The van der Waals surface area contributed by atoms with E-state index in [4.69, 9.17) is 37.4 Å². The van der Waals surface area contributed by atoms with Crippen molar-refractivity contribution in [2.45, 2.75) is 45.3 Å². The van der Waals surface area contributed by atoms with Gasteiger partial charge >= 0.3 is 0 Å². The lowest BCUT2D eigenvalue weighted by Gasteiger charge is -2.38. The van der Waals surface area contributed by atoms with Crippen LogP contribution in [0.3, 0.4) is 0 Å². The van der Waals surface area contributed by atoms with Crippen LogP contribution < -0.4 is 24.4 Å². The molecule has 1 N–H and O–H groups in total. The zero-order valence-electron chi connectivity index (χ0n) is 23.9. The Morgan fingerprint density at radius 3 is 2.50 bits per heavy atom. The van der Waals surface area contributed by atoms with Crippen LogP contribution in [0, 0.1) is 13.8 Å². The number of nitrogens with one attached hydrogen (secondary N) is 1. The number of aromatic nitrogens is 1. The molecule has 0 radical (unpaired) electrons. The molecule has 3 aromatic rings. The minimum Gasteiger partial charge on any atom is -0.496 e. The number of pyridine rings is 1. The molecule has 2 fully saturated rings. The van der Waals surface area contributed by atoms with Crippen LogP contribution in [-0.2, 0) is 16.1 Å². The molecule has 2 amide bonds. The molecule has 1 aliphatic carbocycles. The molecule has 9 nitrogen and oxygen atoms in total. The molecule has 1 aliphatic heterocycles. The van der Waals surface area contributed by atoms with Gasteiger partial charge in [0.2, 0.25) is 17.7 Å². The molecule has 1 saturated carbocycles. The van der Waals surface area contributed by atoms with Gasteiger partial charge < -0.3 is 24.4 Å². The fourth-order valence-corrected chi connectivity index (χ4v) is 5.81. The summed E-state index contributed by atoms with van der Waals surface area (Å²) in [4.78, 5) is 34.9. The van der Waals surface area contributed by atoms with Gasteiger partial charge in [0.25, 0.3) is 0 Å². The number of carbonyl (C=O) groups excluding carboxylic acids is 2. The van der Waals surface area contributed by atoms with E-state index in [1.54, 1.807) is 42.5 Å². The summed E-state index contributed by atoms with van der Waals surface area (Å²) in [6.07, 6.45) is 3.45. The summed E-state index contributed by atoms with van der Waals surface area (Å²) in [5.74, 6) is 1.27. The number of methoxy groups -OCH3 is 1. The van der Waals surface area contributed by atoms with Gasteiger partial charge in [0, 0.05) is 25.2 Å². The van der Waals surface area contributed by atoms with E-state index in [0.29, 0.717) is 40.5 Å². The van der Waals surface area contributed by atoms with Crippen molar-refractivity contribution in [3.8, 4) is 17.4 Å². The lowest BCUT2D eigenvalue weighted by Crippen LogP contribution is -2.61. The molecule has 0 unspecified atom stereocenters. The predicted octanol–water partition coefficient (Wildman–Crippen LogP) is 4.97. The molecular formula is C31H34Cl2N4O5. The van der Waals surface area contributed by atoms with Gasteiger partial charge in [-0.05, 0) is 67.6 Å². The molecule has 1 saturated heterocycles. The smallest absolute Gasteiger partial charge is 0.247 e. The van der Waals surface area contributed by atoms with Crippen molar-refractivity contribution in [2.24, 2.45) is 0 Å². The largest absolute Gasteiger partial charge is 0.496 e. The van der Waals surface area contributed by atoms with Gasteiger partial charge in [0.05, 0.1) is 35.6 Å². The molecule has 0 spiro atoms. The number of amides is 2. The van der Waals surface area contributed by atoms with Gasteiger partial charge in [-0.25, -0.2) is 4.98 Å². The topological polar surface area (TPSA) is 93.2 Å². The summed E-state index contributed by atoms with van der Waals surface area (Å²) in [7, 11) is 1.64. The number of hydrogen-bond acceptors (Lipinski definition) is 7. The Hall–Kier alpha value is -3.53. The third kappa shape index (κ3) is 6.75. The summed E-state index contributed by atoms with van der Waals surface area (Å²) >= 11 is 12.5. The third-order valence-electron chi connectivity index (χ3n) is 7.43. The number of benzene rings is 2. The molecule has 2 aliphatic rings.